The molecule has 0 spiro atoms. The molecule has 1 heterocycles. The van der Waals surface area contributed by atoms with Gasteiger partial charge in [0.25, 0.3) is 11.8 Å². The van der Waals surface area contributed by atoms with E-state index in [1.165, 1.54) is 23.0 Å². The number of para-hydroxylation sites is 2. The average Bonchev–Trinajstić information content (AvgIpc) is 2.97. The summed E-state index contributed by atoms with van der Waals surface area (Å²) < 4.78 is 12.2. The second kappa shape index (κ2) is 12.4. The van der Waals surface area contributed by atoms with Crippen molar-refractivity contribution in [1.29, 1.82) is 0 Å². The highest BCUT2D eigenvalue weighted by atomic mass is 79.9. The monoisotopic (exact) mass is 666 g/mol. The molecule has 206 valence electrons. The van der Waals surface area contributed by atoms with Crippen molar-refractivity contribution in [3.8, 4) is 11.5 Å². The van der Waals surface area contributed by atoms with E-state index in [9.17, 15) is 9.59 Å². The van der Waals surface area contributed by atoms with Crippen LogP contribution in [0.5, 0.6) is 11.5 Å². The van der Waals surface area contributed by atoms with Crippen LogP contribution < -0.4 is 19.3 Å². The Kier molecular flexibility index (Phi) is 8.75. The molecule has 1 aliphatic rings. The number of nitrogens with zero attached hydrogens (tertiary/aromatic N) is 2. The first-order chi connectivity index (χ1) is 19.8. The molecule has 0 N–H and O–H groups in total. The number of methoxy groups -OCH3 is 1. The van der Waals surface area contributed by atoms with Crippen molar-refractivity contribution in [2.45, 2.75) is 6.61 Å². The Balaban J connectivity index is 1.53. The van der Waals surface area contributed by atoms with Gasteiger partial charge in [0.1, 0.15) is 12.2 Å². The molecule has 0 unspecified atom stereocenters. The highest BCUT2D eigenvalue weighted by Crippen LogP contribution is 2.39. The summed E-state index contributed by atoms with van der Waals surface area (Å²) in [7, 11) is 1.51. The molecule has 10 heteroatoms. The van der Waals surface area contributed by atoms with Crippen LogP contribution in [0.3, 0.4) is 0 Å². The Morgan fingerprint density at radius 3 is 1.95 bits per heavy atom. The van der Waals surface area contributed by atoms with E-state index >= 15 is 0 Å². The van der Waals surface area contributed by atoms with E-state index in [1.807, 2.05) is 18.2 Å². The van der Waals surface area contributed by atoms with Gasteiger partial charge in [-0.05, 0) is 93.9 Å². The lowest BCUT2D eigenvalue weighted by Crippen LogP contribution is -2.56. The average molecular weight is 668 g/mol. The maximum absolute atomic E-state index is 13.8. The van der Waals surface area contributed by atoms with Gasteiger partial charge in [0.05, 0.1) is 33.0 Å². The first kappa shape index (κ1) is 28.8. The van der Waals surface area contributed by atoms with Crippen LogP contribution in [0.25, 0.3) is 6.08 Å². The molecule has 0 aromatic heterocycles. The third-order valence-corrected chi connectivity index (χ3v) is 7.90. The van der Waals surface area contributed by atoms with Crippen LogP contribution in [0.1, 0.15) is 11.1 Å². The van der Waals surface area contributed by atoms with Gasteiger partial charge >= 0.3 is 0 Å². The summed E-state index contributed by atoms with van der Waals surface area (Å²) in [6.45, 7) is 0.207. The van der Waals surface area contributed by atoms with Gasteiger partial charge in [-0.25, -0.2) is 0 Å². The Hall–Kier alpha value is -3.69. The maximum Gasteiger partial charge on any atom is 0.270 e. The van der Waals surface area contributed by atoms with Gasteiger partial charge in [-0.2, -0.15) is 0 Å². The maximum atomic E-state index is 13.8. The lowest BCUT2D eigenvalue weighted by molar-refractivity contribution is -0.120. The highest BCUT2D eigenvalue weighted by Gasteiger charge is 2.41. The minimum absolute atomic E-state index is 0.0651. The number of carbonyl (C=O) groups excluding carboxylic acids is 2. The van der Waals surface area contributed by atoms with Crippen molar-refractivity contribution in [3.05, 3.63) is 122 Å². The number of halogens is 3. The highest BCUT2D eigenvalue weighted by molar-refractivity contribution is 9.10. The summed E-state index contributed by atoms with van der Waals surface area (Å²) in [5.74, 6) is -0.223. The molecule has 0 saturated carbocycles. The number of hydrogen-bond donors (Lipinski definition) is 0. The summed E-state index contributed by atoms with van der Waals surface area (Å²) in [5.41, 5.74) is 2.39. The lowest BCUT2D eigenvalue weighted by atomic mass is 10.0. The molecular formula is C31H21BrCl2N2O4S. The molecule has 0 atom stereocenters. The van der Waals surface area contributed by atoms with Crippen LogP contribution >= 0.6 is 51.3 Å². The van der Waals surface area contributed by atoms with E-state index in [0.717, 1.165) is 5.56 Å². The second-order valence-electron chi connectivity index (χ2n) is 8.86. The summed E-state index contributed by atoms with van der Waals surface area (Å²) in [5, 5.41) is 0.950. The second-order valence-corrected chi connectivity index (χ2v) is 10.9. The van der Waals surface area contributed by atoms with Gasteiger partial charge in [0.2, 0.25) is 0 Å². The normalized spacial score (nSPS) is 13.5. The van der Waals surface area contributed by atoms with Crippen molar-refractivity contribution < 1.29 is 19.1 Å². The van der Waals surface area contributed by atoms with E-state index < -0.39 is 11.8 Å². The molecular weight excluding hydrogens is 647 g/mol. The number of benzene rings is 4. The fourth-order valence-electron chi connectivity index (χ4n) is 4.25. The van der Waals surface area contributed by atoms with E-state index in [2.05, 4.69) is 15.9 Å². The predicted molar refractivity (Wildman–Crippen MR) is 170 cm³/mol. The largest absolute Gasteiger partial charge is 0.493 e. The summed E-state index contributed by atoms with van der Waals surface area (Å²) in [4.78, 5) is 30.3. The Morgan fingerprint density at radius 2 is 1.41 bits per heavy atom. The number of carbonyl (C=O) groups is 2. The van der Waals surface area contributed by atoms with Crippen LogP contribution in [-0.2, 0) is 16.2 Å². The molecule has 2 amide bonds. The smallest absolute Gasteiger partial charge is 0.270 e. The van der Waals surface area contributed by atoms with Crippen LogP contribution in [0, 0.1) is 0 Å². The van der Waals surface area contributed by atoms with Crippen LogP contribution in [0.2, 0.25) is 10.0 Å². The SMILES string of the molecule is COc1cc(C=C2C(=O)N(c3ccccc3)C(=S)N(c3ccccc3)C2=O)cc(Br)c1OCc1ccc(Cl)c(Cl)c1. The molecule has 0 bridgehead atoms. The van der Waals surface area contributed by atoms with Crippen molar-refractivity contribution in [3.63, 3.8) is 0 Å². The molecule has 41 heavy (non-hydrogen) atoms. The van der Waals surface area contributed by atoms with Crippen molar-refractivity contribution in [1.82, 2.24) is 0 Å². The zero-order valence-corrected chi connectivity index (χ0v) is 25.4. The Bertz CT molecular complexity index is 1620. The van der Waals surface area contributed by atoms with E-state index in [0.29, 0.717) is 43.0 Å². The molecule has 6 nitrogen and oxygen atoms in total. The van der Waals surface area contributed by atoms with Crippen LogP contribution in [0.15, 0.2) is 101 Å². The first-order valence-corrected chi connectivity index (χ1v) is 14.2. The van der Waals surface area contributed by atoms with Crippen molar-refractivity contribution in [2.75, 3.05) is 16.9 Å². The fraction of sp³-hybridized carbons (Fsp3) is 0.0645. The van der Waals surface area contributed by atoms with E-state index in [-0.39, 0.29) is 17.3 Å². The number of thiocarbonyl (C=S) groups is 1. The Labute approximate surface area is 260 Å². The number of hydrogen-bond acceptors (Lipinski definition) is 5. The van der Waals surface area contributed by atoms with Gasteiger partial charge in [0.15, 0.2) is 16.6 Å². The van der Waals surface area contributed by atoms with Crippen molar-refractivity contribution >= 4 is 85.7 Å². The molecule has 1 saturated heterocycles. The molecule has 1 aliphatic heterocycles. The zero-order valence-electron chi connectivity index (χ0n) is 21.5. The third-order valence-electron chi connectivity index (χ3n) is 6.21. The standard InChI is InChI=1S/C31H21BrCl2N2O4S/c1-39-27-17-20(15-24(32)28(27)40-18-19-12-13-25(33)26(34)16-19)14-23-29(37)35(21-8-4-2-5-9-21)31(41)36(30(23)38)22-10-6-3-7-11-22/h2-17H,18H2,1H3. The van der Waals surface area contributed by atoms with Crippen molar-refractivity contribution in [2.24, 2.45) is 0 Å². The quantitative estimate of drug-likeness (QED) is 0.113. The molecule has 1 fully saturated rings. The number of ether oxygens (including phenoxy) is 2. The van der Waals surface area contributed by atoms with Gasteiger partial charge in [-0.3, -0.25) is 19.4 Å². The van der Waals surface area contributed by atoms with E-state index in [4.69, 9.17) is 44.9 Å². The van der Waals surface area contributed by atoms with Gasteiger partial charge in [-0.15, -0.1) is 0 Å². The summed E-state index contributed by atoms with van der Waals surface area (Å²) in [6.07, 6.45) is 1.52. The molecule has 0 radical (unpaired) electrons. The number of amides is 2. The Morgan fingerprint density at radius 1 is 0.829 bits per heavy atom. The summed E-state index contributed by atoms with van der Waals surface area (Å²) in [6, 6.07) is 26.6. The number of anilines is 2. The van der Waals surface area contributed by atoms with Gasteiger partial charge < -0.3 is 9.47 Å². The lowest BCUT2D eigenvalue weighted by Gasteiger charge is -2.36. The first-order valence-electron chi connectivity index (χ1n) is 12.3. The minimum Gasteiger partial charge on any atom is -0.493 e. The molecule has 0 aliphatic carbocycles. The van der Waals surface area contributed by atoms with E-state index in [1.54, 1.807) is 72.8 Å². The molecule has 4 aromatic rings. The number of rotatable bonds is 7. The fourth-order valence-corrected chi connectivity index (χ4v) is 5.53. The topological polar surface area (TPSA) is 59.1 Å². The van der Waals surface area contributed by atoms with Gasteiger partial charge in [-0.1, -0.05) is 65.7 Å². The summed E-state index contributed by atoms with van der Waals surface area (Å²) >= 11 is 21.4. The van der Waals surface area contributed by atoms with Crippen LogP contribution in [-0.4, -0.2) is 24.0 Å². The zero-order chi connectivity index (χ0) is 29.1. The predicted octanol–water partition coefficient (Wildman–Crippen LogP) is 8.09. The van der Waals surface area contributed by atoms with Crippen LogP contribution in [0.4, 0.5) is 11.4 Å². The minimum atomic E-state index is -0.534. The van der Waals surface area contributed by atoms with Gasteiger partial charge in [0, 0.05) is 0 Å². The third kappa shape index (κ3) is 6.01. The molecule has 5 rings (SSSR count). The molecule has 4 aromatic carbocycles.